The van der Waals surface area contributed by atoms with E-state index >= 15 is 0 Å². The van der Waals surface area contributed by atoms with E-state index in [0.717, 1.165) is 18.7 Å². The van der Waals surface area contributed by atoms with Gasteiger partial charge < -0.3 is 24.2 Å². The van der Waals surface area contributed by atoms with E-state index in [1.165, 1.54) is 24.2 Å². The van der Waals surface area contributed by atoms with Crippen LogP contribution in [-0.2, 0) is 6.54 Å². The van der Waals surface area contributed by atoms with Crippen LogP contribution in [0.5, 0.6) is 23.0 Å². The number of carbonyl (C=O) groups is 1. The van der Waals surface area contributed by atoms with Crippen LogP contribution in [-0.4, -0.2) is 38.2 Å². The zero-order valence-corrected chi connectivity index (χ0v) is 16.8. The number of nitrogens with one attached hydrogen (secondary N) is 1. The summed E-state index contributed by atoms with van der Waals surface area (Å²) in [5, 5.41) is 10.4. The number of rotatable bonds is 5. The van der Waals surface area contributed by atoms with E-state index in [0.29, 0.717) is 34.9 Å². The van der Waals surface area contributed by atoms with Gasteiger partial charge >= 0.3 is 0 Å². The monoisotopic (exact) mass is 396 g/mol. The number of phenolic OH excluding ortho intramolecular Hbond substituents is 1. The maximum absolute atomic E-state index is 12.9. The number of benzene rings is 2. The van der Waals surface area contributed by atoms with Gasteiger partial charge in [0.25, 0.3) is 0 Å². The molecule has 0 atom stereocenters. The maximum atomic E-state index is 12.9. The fourth-order valence-electron chi connectivity index (χ4n) is 4.03. The third-order valence-corrected chi connectivity index (χ3v) is 5.63. The molecule has 0 amide bonds. The summed E-state index contributed by atoms with van der Waals surface area (Å²) in [4.78, 5) is 14.3. The van der Waals surface area contributed by atoms with Crippen molar-refractivity contribution < 1.29 is 29.0 Å². The Bertz CT molecular complexity index is 960. The number of carbonyl (C=O) groups excluding carboxylic acids is 1. The molecule has 29 heavy (non-hydrogen) atoms. The highest BCUT2D eigenvalue weighted by atomic mass is 16.5. The third kappa shape index (κ3) is 3.80. The molecule has 0 unspecified atom stereocenters. The van der Waals surface area contributed by atoms with Crippen molar-refractivity contribution in [3.63, 3.8) is 0 Å². The van der Waals surface area contributed by atoms with Crippen molar-refractivity contribution in [3.05, 3.63) is 52.8 Å². The second-order valence-electron chi connectivity index (χ2n) is 7.48. The summed E-state index contributed by atoms with van der Waals surface area (Å²) in [6, 6.07) is 8.61. The van der Waals surface area contributed by atoms with Crippen molar-refractivity contribution in [3.8, 4) is 23.0 Å². The van der Waals surface area contributed by atoms with E-state index < -0.39 is 0 Å². The number of quaternary nitrogens is 1. The minimum absolute atomic E-state index is 0.179. The molecule has 0 spiro atoms. The molecule has 6 nitrogen and oxygen atoms in total. The van der Waals surface area contributed by atoms with Crippen molar-refractivity contribution in [1.29, 1.82) is 0 Å². The molecule has 152 valence electrons. The van der Waals surface area contributed by atoms with Gasteiger partial charge in [-0.2, -0.15) is 0 Å². The lowest BCUT2D eigenvalue weighted by molar-refractivity contribution is -0.918. The molecule has 1 fully saturated rings. The Morgan fingerprint density at radius 1 is 1.10 bits per heavy atom. The summed E-state index contributed by atoms with van der Waals surface area (Å²) in [5.74, 6) is 1.95. The third-order valence-electron chi connectivity index (χ3n) is 5.63. The number of ether oxygens (including phenoxy) is 3. The fraction of sp³-hybridized carbons (Fsp3) is 0.348. The number of hydrogen-bond acceptors (Lipinski definition) is 5. The second kappa shape index (κ2) is 8.17. The molecular weight excluding hydrogens is 370 g/mol. The minimum atomic E-state index is -0.187. The lowest BCUT2D eigenvalue weighted by Crippen LogP contribution is -3.11. The molecule has 2 aromatic carbocycles. The average Bonchev–Trinajstić information content (AvgIpc) is 3.07. The van der Waals surface area contributed by atoms with E-state index in [9.17, 15) is 9.90 Å². The van der Waals surface area contributed by atoms with Gasteiger partial charge in [-0.25, -0.2) is 0 Å². The number of methoxy groups -OCH3 is 2. The lowest BCUT2D eigenvalue weighted by atomic mass is 10.0. The van der Waals surface area contributed by atoms with Crippen LogP contribution < -0.4 is 19.1 Å². The van der Waals surface area contributed by atoms with Gasteiger partial charge in [0.05, 0.1) is 38.4 Å². The van der Waals surface area contributed by atoms with Gasteiger partial charge in [-0.15, -0.1) is 0 Å². The SMILES string of the molecule is COc1ccc(/C=C2\Oc3c(ccc(O)c3C[NH+]3CCCCC3)C2=O)c(OC)c1. The van der Waals surface area contributed by atoms with E-state index in [1.807, 2.05) is 6.07 Å². The Hall–Kier alpha value is -2.99. The highest BCUT2D eigenvalue weighted by molar-refractivity contribution is 6.15. The first-order valence-electron chi connectivity index (χ1n) is 9.95. The molecule has 0 aromatic heterocycles. The zero-order chi connectivity index (χ0) is 20.4. The van der Waals surface area contributed by atoms with E-state index in [-0.39, 0.29) is 17.3 Å². The van der Waals surface area contributed by atoms with Crippen molar-refractivity contribution >= 4 is 11.9 Å². The first-order valence-corrected chi connectivity index (χ1v) is 9.95. The Balaban J connectivity index is 1.66. The quantitative estimate of drug-likeness (QED) is 0.761. The lowest BCUT2D eigenvalue weighted by Gasteiger charge is -2.24. The van der Waals surface area contributed by atoms with Gasteiger partial charge in [0, 0.05) is 11.6 Å². The van der Waals surface area contributed by atoms with Crippen LogP contribution in [0.1, 0.15) is 40.7 Å². The smallest absolute Gasteiger partial charge is 0.231 e. The summed E-state index contributed by atoms with van der Waals surface area (Å²) in [7, 11) is 3.16. The Kier molecular flexibility index (Phi) is 5.45. The van der Waals surface area contributed by atoms with Crippen LogP contribution in [0.25, 0.3) is 6.08 Å². The molecule has 0 aliphatic carbocycles. The summed E-state index contributed by atoms with van der Waals surface area (Å²) in [5.41, 5.74) is 1.92. The van der Waals surface area contributed by atoms with Crippen LogP contribution in [0.3, 0.4) is 0 Å². The number of Topliss-reactive ketones (excluding diaryl/α,β-unsaturated/α-hetero) is 1. The molecule has 2 aromatic rings. The molecule has 6 heteroatoms. The molecule has 2 aliphatic rings. The molecule has 0 saturated carbocycles. The highest BCUT2D eigenvalue weighted by Gasteiger charge is 2.33. The van der Waals surface area contributed by atoms with Gasteiger partial charge in [0.1, 0.15) is 23.8 Å². The van der Waals surface area contributed by atoms with Gasteiger partial charge in [-0.05, 0) is 49.6 Å². The molecule has 2 N–H and O–H groups in total. The molecule has 4 rings (SSSR count). The molecular formula is C23H26NO5+. The van der Waals surface area contributed by atoms with Crippen molar-refractivity contribution in [2.24, 2.45) is 0 Å². The van der Waals surface area contributed by atoms with Crippen LogP contribution >= 0.6 is 0 Å². The highest BCUT2D eigenvalue weighted by Crippen LogP contribution is 2.40. The van der Waals surface area contributed by atoms with E-state index in [4.69, 9.17) is 14.2 Å². The van der Waals surface area contributed by atoms with Gasteiger partial charge in [-0.3, -0.25) is 4.79 Å². The molecule has 0 radical (unpaired) electrons. The number of allylic oxidation sites excluding steroid dienone is 1. The van der Waals surface area contributed by atoms with E-state index in [2.05, 4.69) is 0 Å². The molecule has 0 bridgehead atoms. The summed E-state index contributed by atoms with van der Waals surface area (Å²) < 4.78 is 16.6. The van der Waals surface area contributed by atoms with E-state index in [1.54, 1.807) is 44.6 Å². The van der Waals surface area contributed by atoms with Crippen molar-refractivity contribution in [1.82, 2.24) is 0 Å². The topological polar surface area (TPSA) is 69.4 Å². The Morgan fingerprint density at radius 3 is 2.62 bits per heavy atom. The predicted molar refractivity (Wildman–Crippen MR) is 109 cm³/mol. The van der Waals surface area contributed by atoms with Gasteiger partial charge in [0.2, 0.25) is 5.78 Å². The maximum Gasteiger partial charge on any atom is 0.231 e. The number of aromatic hydroxyl groups is 1. The number of hydrogen-bond donors (Lipinski definition) is 2. The van der Waals surface area contributed by atoms with Crippen molar-refractivity contribution in [2.45, 2.75) is 25.8 Å². The molecule has 2 aliphatic heterocycles. The van der Waals surface area contributed by atoms with Crippen LogP contribution in [0.15, 0.2) is 36.1 Å². The second-order valence-corrected chi connectivity index (χ2v) is 7.48. The first kappa shape index (κ1) is 19.3. The van der Waals surface area contributed by atoms with Crippen molar-refractivity contribution in [2.75, 3.05) is 27.3 Å². The van der Waals surface area contributed by atoms with Gasteiger partial charge in [0.15, 0.2) is 11.5 Å². The summed E-state index contributed by atoms with van der Waals surface area (Å²) in [6.07, 6.45) is 5.31. The number of fused-ring (bicyclic) bond motifs is 1. The van der Waals surface area contributed by atoms with Crippen LogP contribution in [0, 0.1) is 0 Å². The molecule has 1 saturated heterocycles. The Labute approximate surface area is 170 Å². The zero-order valence-electron chi connectivity index (χ0n) is 16.8. The average molecular weight is 396 g/mol. The summed E-state index contributed by atoms with van der Waals surface area (Å²) >= 11 is 0. The number of phenols is 1. The normalized spacial score (nSPS) is 17.9. The molecule has 2 heterocycles. The minimum Gasteiger partial charge on any atom is -0.507 e. The number of likely N-dealkylation sites (tertiary alicyclic amines) is 1. The number of piperidine rings is 1. The van der Waals surface area contributed by atoms with Crippen LogP contribution in [0.4, 0.5) is 0 Å². The fourth-order valence-corrected chi connectivity index (χ4v) is 4.03. The van der Waals surface area contributed by atoms with Crippen LogP contribution in [0.2, 0.25) is 0 Å². The largest absolute Gasteiger partial charge is 0.507 e. The Morgan fingerprint density at radius 2 is 1.90 bits per heavy atom. The first-order chi connectivity index (χ1) is 14.1. The predicted octanol–water partition coefficient (Wildman–Crippen LogP) is 2.59. The summed E-state index contributed by atoms with van der Waals surface area (Å²) in [6.45, 7) is 2.80. The standard InChI is InChI=1S/C23H25NO5/c1-27-16-7-6-15(20(13-16)28-2)12-21-22(26)17-8-9-19(25)18(23(17)29-21)14-24-10-4-3-5-11-24/h6-9,12-13,25H,3-5,10-11,14H2,1-2H3/p+1/b21-12-. The number of ketones is 1. The van der Waals surface area contributed by atoms with Gasteiger partial charge in [-0.1, -0.05) is 0 Å².